The summed E-state index contributed by atoms with van der Waals surface area (Å²) < 4.78 is 5.07. The summed E-state index contributed by atoms with van der Waals surface area (Å²) in [7, 11) is 1.55. The minimum atomic E-state index is -0.645. The second-order valence-corrected chi connectivity index (χ2v) is 4.16. The highest BCUT2D eigenvalue weighted by molar-refractivity contribution is 5.85. The summed E-state index contributed by atoms with van der Waals surface area (Å²) in [6, 6.07) is 4.26. The highest BCUT2D eigenvalue weighted by atomic mass is 35.5. The summed E-state index contributed by atoms with van der Waals surface area (Å²) in [5, 5.41) is 19.6. The van der Waals surface area contributed by atoms with Gasteiger partial charge in [-0.05, 0) is 24.6 Å². The Morgan fingerprint density at radius 1 is 1.39 bits per heavy atom. The fourth-order valence-electron chi connectivity index (χ4n) is 1.73. The van der Waals surface area contributed by atoms with Gasteiger partial charge in [0.1, 0.15) is 11.5 Å². The molecule has 0 saturated carbocycles. The molecular formula is C13H22ClNO3. The van der Waals surface area contributed by atoms with Gasteiger partial charge >= 0.3 is 0 Å². The van der Waals surface area contributed by atoms with Crippen LogP contribution in [0.3, 0.4) is 0 Å². The van der Waals surface area contributed by atoms with Crippen molar-refractivity contribution in [2.75, 3.05) is 7.11 Å². The lowest BCUT2D eigenvalue weighted by Gasteiger charge is -2.20. The molecule has 2 atom stereocenters. The van der Waals surface area contributed by atoms with Crippen LogP contribution >= 0.6 is 12.4 Å². The van der Waals surface area contributed by atoms with Gasteiger partial charge in [0, 0.05) is 5.56 Å². The first-order chi connectivity index (χ1) is 8.10. The van der Waals surface area contributed by atoms with Crippen LogP contribution in [0.25, 0.3) is 0 Å². The van der Waals surface area contributed by atoms with Crippen LogP contribution in [0.4, 0.5) is 0 Å². The number of unbranched alkanes of at least 4 members (excludes halogenated alkanes) is 1. The number of phenolic OH excluding ortho intramolecular Hbond substituents is 1. The van der Waals surface area contributed by atoms with Crippen molar-refractivity contribution >= 4 is 12.4 Å². The SMILES string of the molecule is CCCC[C@H](O)[C@H](N)c1cc(OC)ccc1O.Cl. The summed E-state index contributed by atoms with van der Waals surface area (Å²) in [4.78, 5) is 0. The Balaban J connectivity index is 0.00000289. The zero-order valence-electron chi connectivity index (χ0n) is 10.8. The number of halogens is 1. The number of aliphatic hydroxyl groups is 1. The Morgan fingerprint density at radius 2 is 2.06 bits per heavy atom. The van der Waals surface area contributed by atoms with E-state index in [4.69, 9.17) is 10.5 Å². The summed E-state index contributed by atoms with van der Waals surface area (Å²) in [6.45, 7) is 2.06. The van der Waals surface area contributed by atoms with Gasteiger partial charge in [0.05, 0.1) is 19.3 Å². The topological polar surface area (TPSA) is 75.7 Å². The molecule has 0 spiro atoms. The number of aliphatic hydroxyl groups excluding tert-OH is 1. The molecule has 0 fully saturated rings. The third-order valence-electron chi connectivity index (χ3n) is 2.86. The largest absolute Gasteiger partial charge is 0.508 e. The standard InChI is InChI=1S/C13H21NO3.ClH/c1-3-4-5-12(16)13(14)10-8-9(17-2)6-7-11(10)15;/h6-8,12-13,15-16H,3-5,14H2,1-2H3;1H/t12-,13+;/m0./s1. The van der Waals surface area contributed by atoms with Crippen LogP contribution in [0, 0.1) is 0 Å². The van der Waals surface area contributed by atoms with E-state index in [1.807, 2.05) is 0 Å². The van der Waals surface area contributed by atoms with E-state index in [-0.39, 0.29) is 18.2 Å². The van der Waals surface area contributed by atoms with Gasteiger partial charge in [-0.2, -0.15) is 0 Å². The Bertz CT molecular complexity index is 360. The number of aromatic hydroxyl groups is 1. The maximum Gasteiger partial charge on any atom is 0.120 e. The molecule has 0 heterocycles. The summed E-state index contributed by atoms with van der Waals surface area (Å²) in [6.07, 6.45) is 1.91. The van der Waals surface area contributed by atoms with Gasteiger partial charge < -0.3 is 20.7 Å². The van der Waals surface area contributed by atoms with Crippen molar-refractivity contribution in [2.24, 2.45) is 5.73 Å². The number of ether oxygens (including phenoxy) is 1. The third kappa shape index (κ3) is 4.37. The molecule has 0 aromatic heterocycles. The zero-order chi connectivity index (χ0) is 12.8. The predicted molar refractivity (Wildman–Crippen MR) is 74.4 cm³/mol. The van der Waals surface area contributed by atoms with Crippen LogP contribution < -0.4 is 10.5 Å². The van der Waals surface area contributed by atoms with Gasteiger partial charge in [0.25, 0.3) is 0 Å². The maximum absolute atomic E-state index is 9.91. The van der Waals surface area contributed by atoms with Gasteiger partial charge in [-0.15, -0.1) is 12.4 Å². The van der Waals surface area contributed by atoms with Crippen LogP contribution in [0.1, 0.15) is 37.8 Å². The number of methoxy groups -OCH3 is 1. The lowest BCUT2D eigenvalue weighted by molar-refractivity contribution is 0.131. The second kappa shape index (κ2) is 8.19. The molecule has 0 aliphatic rings. The summed E-state index contributed by atoms with van der Waals surface area (Å²) in [5.41, 5.74) is 6.46. The zero-order valence-corrected chi connectivity index (χ0v) is 11.6. The number of nitrogens with two attached hydrogens (primary N) is 1. The molecule has 0 bridgehead atoms. The van der Waals surface area contributed by atoms with Crippen LogP contribution in [0.5, 0.6) is 11.5 Å². The third-order valence-corrected chi connectivity index (χ3v) is 2.86. The molecule has 18 heavy (non-hydrogen) atoms. The monoisotopic (exact) mass is 275 g/mol. The molecule has 104 valence electrons. The molecule has 1 rings (SSSR count). The molecule has 0 radical (unpaired) electrons. The molecule has 0 unspecified atom stereocenters. The highest BCUT2D eigenvalue weighted by Gasteiger charge is 2.19. The van der Waals surface area contributed by atoms with Crippen molar-refractivity contribution in [3.8, 4) is 11.5 Å². The van der Waals surface area contributed by atoms with Gasteiger partial charge in [-0.1, -0.05) is 19.8 Å². The lowest BCUT2D eigenvalue weighted by Crippen LogP contribution is -2.26. The molecule has 4 N–H and O–H groups in total. The van der Waals surface area contributed by atoms with Gasteiger partial charge in [-0.25, -0.2) is 0 Å². The highest BCUT2D eigenvalue weighted by Crippen LogP contribution is 2.30. The van der Waals surface area contributed by atoms with Crippen LogP contribution in [-0.2, 0) is 0 Å². The first-order valence-electron chi connectivity index (χ1n) is 5.90. The van der Waals surface area contributed by atoms with Crippen molar-refractivity contribution in [3.05, 3.63) is 23.8 Å². The van der Waals surface area contributed by atoms with E-state index in [1.54, 1.807) is 19.2 Å². The van der Waals surface area contributed by atoms with Crippen molar-refractivity contribution in [2.45, 2.75) is 38.3 Å². The maximum atomic E-state index is 9.91. The minimum absolute atomic E-state index is 0. The molecule has 5 heteroatoms. The number of hydrogen-bond donors (Lipinski definition) is 3. The predicted octanol–water partition coefficient (Wildman–Crippen LogP) is 2.37. The van der Waals surface area contributed by atoms with E-state index in [0.717, 1.165) is 12.8 Å². The minimum Gasteiger partial charge on any atom is -0.508 e. The quantitative estimate of drug-likeness (QED) is 0.745. The summed E-state index contributed by atoms with van der Waals surface area (Å²) >= 11 is 0. The molecule has 0 aliphatic heterocycles. The van der Waals surface area contributed by atoms with Crippen LogP contribution in [0.15, 0.2) is 18.2 Å². The fourth-order valence-corrected chi connectivity index (χ4v) is 1.73. The fraction of sp³-hybridized carbons (Fsp3) is 0.538. The average Bonchev–Trinajstić information content (AvgIpc) is 2.35. The van der Waals surface area contributed by atoms with Gasteiger partial charge in [-0.3, -0.25) is 0 Å². The number of rotatable bonds is 6. The number of phenols is 1. The van der Waals surface area contributed by atoms with Crippen molar-refractivity contribution < 1.29 is 14.9 Å². The molecular weight excluding hydrogens is 254 g/mol. The Labute approximate surface area is 114 Å². The lowest BCUT2D eigenvalue weighted by atomic mass is 9.97. The Morgan fingerprint density at radius 3 is 2.61 bits per heavy atom. The van der Waals surface area contributed by atoms with Crippen molar-refractivity contribution in [3.63, 3.8) is 0 Å². The molecule has 0 saturated heterocycles. The number of benzene rings is 1. The van der Waals surface area contributed by atoms with E-state index < -0.39 is 12.1 Å². The first kappa shape index (κ1) is 17.0. The van der Waals surface area contributed by atoms with Crippen LogP contribution in [0.2, 0.25) is 0 Å². The smallest absolute Gasteiger partial charge is 0.120 e. The second-order valence-electron chi connectivity index (χ2n) is 4.16. The van der Waals surface area contributed by atoms with E-state index in [0.29, 0.717) is 17.7 Å². The van der Waals surface area contributed by atoms with E-state index >= 15 is 0 Å². The van der Waals surface area contributed by atoms with E-state index in [1.165, 1.54) is 6.07 Å². The molecule has 4 nitrogen and oxygen atoms in total. The molecule has 1 aromatic rings. The first-order valence-corrected chi connectivity index (χ1v) is 5.90. The van der Waals surface area contributed by atoms with Gasteiger partial charge in [0.15, 0.2) is 0 Å². The summed E-state index contributed by atoms with van der Waals surface area (Å²) in [5.74, 6) is 0.713. The van der Waals surface area contributed by atoms with E-state index in [2.05, 4.69) is 6.92 Å². The van der Waals surface area contributed by atoms with Crippen molar-refractivity contribution in [1.82, 2.24) is 0 Å². The molecule has 1 aromatic carbocycles. The van der Waals surface area contributed by atoms with Gasteiger partial charge in [0.2, 0.25) is 0 Å². The molecule has 0 amide bonds. The molecule has 0 aliphatic carbocycles. The normalized spacial score (nSPS) is 13.6. The number of hydrogen-bond acceptors (Lipinski definition) is 4. The average molecular weight is 276 g/mol. The van der Waals surface area contributed by atoms with E-state index in [9.17, 15) is 10.2 Å². The Hall–Kier alpha value is -0.970. The van der Waals surface area contributed by atoms with Crippen molar-refractivity contribution in [1.29, 1.82) is 0 Å². The Kier molecular flexibility index (Phi) is 7.75. The van der Waals surface area contributed by atoms with Crippen LogP contribution in [-0.4, -0.2) is 23.4 Å².